The van der Waals surface area contributed by atoms with Crippen LogP contribution in [0.2, 0.25) is 0 Å². The summed E-state index contributed by atoms with van der Waals surface area (Å²) >= 11 is 0. The van der Waals surface area contributed by atoms with Crippen molar-refractivity contribution in [3.05, 3.63) is 72.3 Å². The summed E-state index contributed by atoms with van der Waals surface area (Å²) in [5.41, 5.74) is 2.16. The van der Waals surface area contributed by atoms with Crippen LogP contribution in [0, 0.1) is 0 Å². The second-order valence-electron chi connectivity index (χ2n) is 8.82. The van der Waals surface area contributed by atoms with E-state index < -0.39 is 0 Å². The van der Waals surface area contributed by atoms with Crippen LogP contribution in [-0.2, 0) is 16.1 Å². The highest BCUT2D eigenvalue weighted by Crippen LogP contribution is 2.20. The van der Waals surface area contributed by atoms with E-state index >= 15 is 0 Å². The van der Waals surface area contributed by atoms with E-state index in [0.717, 1.165) is 38.3 Å². The average Bonchev–Trinajstić information content (AvgIpc) is 2.89. The van der Waals surface area contributed by atoms with Gasteiger partial charge in [-0.2, -0.15) is 0 Å². The van der Waals surface area contributed by atoms with Gasteiger partial charge in [0, 0.05) is 64.4 Å². The molecule has 36 heavy (non-hydrogen) atoms. The maximum atomic E-state index is 12.9. The Labute approximate surface area is 211 Å². The Bertz CT molecular complexity index is 1130. The van der Waals surface area contributed by atoms with Crippen molar-refractivity contribution in [1.82, 2.24) is 25.1 Å². The van der Waals surface area contributed by atoms with E-state index in [1.165, 1.54) is 12.5 Å². The van der Waals surface area contributed by atoms with E-state index in [1.54, 1.807) is 6.07 Å². The lowest BCUT2D eigenvalue weighted by Crippen LogP contribution is -2.48. The number of nitrogens with one attached hydrogen (secondary N) is 3. The van der Waals surface area contributed by atoms with Gasteiger partial charge in [-0.05, 0) is 5.56 Å². The minimum Gasteiger partial charge on any atom is -0.368 e. The highest BCUT2D eigenvalue weighted by Gasteiger charge is 2.19. The van der Waals surface area contributed by atoms with Crippen molar-refractivity contribution in [1.29, 1.82) is 0 Å². The number of aromatic nitrogens is 2. The van der Waals surface area contributed by atoms with Gasteiger partial charge in [0.2, 0.25) is 11.8 Å². The first-order chi connectivity index (χ1) is 17.5. The van der Waals surface area contributed by atoms with Gasteiger partial charge < -0.3 is 16.0 Å². The molecule has 0 bridgehead atoms. The van der Waals surface area contributed by atoms with Crippen LogP contribution in [-0.4, -0.2) is 77.4 Å². The van der Waals surface area contributed by atoms with E-state index in [-0.39, 0.29) is 11.8 Å². The summed E-state index contributed by atoms with van der Waals surface area (Å²) in [4.78, 5) is 37.7. The average molecular weight is 488 g/mol. The molecule has 4 rings (SSSR count). The molecule has 1 saturated heterocycles. The van der Waals surface area contributed by atoms with Crippen molar-refractivity contribution in [3.8, 4) is 11.4 Å². The van der Waals surface area contributed by atoms with E-state index in [2.05, 4.69) is 60.0 Å². The molecule has 0 saturated carbocycles. The molecule has 3 aromatic rings. The van der Waals surface area contributed by atoms with Crippen molar-refractivity contribution in [3.63, 3.8) is 0 Å². The zero-order valence-electron chi connectivity index (χ0n) is 20.6. The summed E-state index contributed by atoms with van der Waals surface area (Å²) in [6, 6.07) is 21.8. The molecule has 188 valence electrons. The predicted molar refractivity (Wildman–Crippen MR) is 141 cm³/mol. The van der Waals surface area contributed by atoms with Crippen LogP contribution in [0.1, 0.15) is 12.5 Å². The number of hydrogen-bond acceptors (Lipinski definition) is 7. The molecule has 2 heterocycles. The van der Waals surface area contributed by atoms with Gasteiger partial charge in [-0.3, -0.25) is 19.4 Å². The molecular weight excluding hydrogens is 454 g/mol. The summed E-state index contributed by atoms with van der Waals surface area (Å²) in [5.74, 6) is 1.36. The number of carbonyl (C=O) groups is 2. The van der Waals surface area contributed by atoms with Crippen LogP contribution in [0.5, 0.6) is 0 Å². The van der Waals surface area contributed by atoms with Crippen LogP contribution in [0.25, 0.3) is 11.4 Å². The summed E-state index contributed by atoms with van der Waals surface area (Å²) in [6.45, 7) is 7.24. The van der Waals surface area contributed by atoms with Crippen molar-refractivity contribution in [2.45, 2.75) is 13.5 Å². The molecule has 0 unspecified atom stereocenters. The molecule has 1 aliphatic heterocycles. The van der Waals surface area contributed by atoms with E-state index in [9.17, 15) is 9.59 Å². The first-order valence-corrected chi connectivity index (χ1v) is 12.3. The Balaban J connectivity index is 1.34. The molecule has 3 N–H and O–H groups in total. The summed E-state index contributed by atoms with van der Waals surface area (Å²) in [7, 11) is 0. The topological polar surface area (TPSA) is 102 Å². The predicted octanol–water partition coefficient (Wildman–Crippen LogP) is 2.45. The van der Waals surface area contributed by atoms with Crippen molar-refractivity contribution in [2.75, 3.05) is 56.4 Å². The highest BCUT2D eigenvalue weighted by molar-refractivity contribution is 5.92. The fourth-order valence-corrected chi connectivity index (χ4v) is 4.08. The summed E-state index contributed by atoms with van der Waals surface area (Å²) < 4.78 is 0. The normalized spacial score (nSPS) is 14.2. The Morgan fingerprint density at radius 1 is 0.833 bits per heavy atom. The second kappa shape index (κ2) is 12.8. The van der Waals surface area contributed by atoms with Gasteiger partial charge in [-0.25, -0.2) is 9.97 Å². The molecule has 1 aliphatic rings. The van der Waals surface area contributed by atoms with Gasteiger partial charge in [-0.1, -0.05) is 60.7 Å². The monoisotopic (exact) mass is 487 g/mol. The molecule has 0 atom stereocenters. The Kier molecular flexibility index (Phi) is 8.96. The number of rotatable bonds is 10. The lowest BCUT2D eigenvalue weighted by atomic mass is 10.2. The van der Waals surface area contributed by atoms with Crippen LogP contribution >= 0.6 is 0 Å². The number of carbonyl (C=O) groups excluding carboxylic acids is 2. The van der Waals surface area contributed by atoms with Gasteiger partial charge in [0.15, 0.2) is 5.82 Å². The minimum absolute atomic E-state index is 0.0849. The van der Waals surface area contributed by atoms with Crippen molar-refractivity contribution >= 4 is 23.5 Å². The zero-order valence-corrected chi connectivity index (χ0v) is 20.6. The molecule has 9 nitrogen and oxygen atoms in total. The molecule has 2 aromatic carbocycles. The largest absolute Gasteiger partial charge is 0.368 e. The molecule has 1 fully saturated rings. The minimum atomic E-state index is -0.103. The van der Waals surface area contributed by atoms with Crippen LogP contribution in [0.15, 0.2) is 66.7 Å². The van der Waals surface area contributed by atoms with Crippen molar-refractivity contribution < 1.29 is 9.59 Å². The third kappa shape index (κ3) is 7.86. The second-order valence-corrected chi connectivity index (χ2v) is 8.82. The maximum Gasteiger partial charge on any atom is 0.239 e. The van der Waals surface area contributed by atoms with Crippen LogP contribution in [0.4, 0.5) is 11.6 Å². The summed E-state index contributed by atoms with van der Waals surface area (Å²) in [6.07, 6.45) is 0. The number of hydrogen-bond donors (Lipinski definition) is 3. The zero-order chi connectivity index (χ0) is 25.2. The lowest BCUT2D eigenvalue weighted by molar-refractivity contribution is -0.119. The SMILES string of the molecule is CC(=O)NCCNc1cc(NC(=O)CN2CCN(Cc3ccccc3)CC2)nc(-c2ccccc2)n1. The number of piperazine rings is 1. The fourth-order valence-electron chi connectivity index (χ4n) is 4.08. The number of amides is 2. The number of benzene rings is 2. The Morgan fingerprint density at radius 2 is 1.47 bits per heavy atom. The van der Waals surface area contributed by atoms with Gasteiger partial charge >= 0.3 is 0 Å². The molecule has 9 heteroatoms. The molecular formula is C27H33N7O2. The third-order valence-electron chi connectivity index (χ3n) is 5.91. The first-order valence-electron chi connectivity index (χ1n) is 12.3. The van der Waals surface area contributed by atoms with Crippen molar-refractivity contribution in [2.24, 2.45) is 0 Å². The molecule has 1 aromatic heterocycles. The first kappa shape index (κ1) is 25.3. The summed E-state index contributed by atoms with van der Waals surface area (Å²) in [5, 5.41) is 8.89. The molecule has 0 aliphatic carbocycles. The smallest absolute Gasteiger partial charge is 0.239 e. The molecule has 2 amide bonds. The fraction of sp³-hybridized carbons (Fsp3) is 0.333. The Hall–Kier alpha value is -3.82. The Morgan fingerprint density at radius 3 is 2.17 bits per heavy atom. The van der Waals surface area contributed by atoms with E-state index in [0.29, 0.717) is 37.1 Å². The standard InChI is InChI=1S/C27H33N7O2/c1-21(35)28-12-13-29-24-18-25(32-27(31-24)23-10-6-3-7-11-23)30-26(36)20-34-16-14-33(15-17-34)19-22-8-4-2-5-9-22/h2-11,18H,12-17,19-20H2,1H3,(H,28,35)(H2,29,30,31,32,36). The van der Waals surface area contributed by atoms with Gasteiger partial charge in [0.05, 0.1) is 6.54 Å². The van der Waals surface area contributed by atoms with Gasteiger partial charge in [0.25, 0.3) is 0 Å². The molecule has 0 radical (unpaired) electrons. The number of anilines is 2. The maximum absolute atomic E-state index is 12.9. The van der Waals surface area contributed by atoms with E-state index in [1.807, 2.05) is 36.4 Å². The number of nitrogens with zero attached hydrogens (tertiary/aromatic N) is 4. The van der Waals surface area contributed by atoms with Crippen LogP contribution < -0.4 is 16.0 Å². The van der Waals surface area contributed by atoms with Gasteiger partial charge in [0.1, 0.15) is 11.6 Å². The van der Waals surface area contributed by atoms with Crippen LogP contribution in [0.3, 0.4) is 0 Å². The van der Waals surface area contributed by atoms with E-state index in [4.69, 9.17) is 0 Å². The highest BCUT2D eigenvalue weighted by atomic mass is 16.2. The molecule has 0 spiro atoms. The quantitative estimate of drug-likeness (QED) is 0.378. The lowest BCUT2D eigenvalue weighted by Gasteiger charge is -2.34. The third-order valence-corrected chi connectivity index (χ3v) is 5.91. The van der Waals surface area contributed by atoms with Gasteiger partial charge in [-0.15, -0.1) is 0 Å².